The van der Waals surface area contributed by atoms with Crippen LogP contribution >= 0.6 is 0 Å². The minimum atomic E-state index is -1.04. The number of hydrogen-bond donors (Lipinski definition) is 1. The van der Waals surface area contributed by atoms with Crippen LogP contribution in [0.2, 0.25) is 0 Å². The number of benzene rings is 2. The standard InChI is InChI=1S/C24H21N3O4/c1-2-31-24(30)21(27-22(28)19-7-3-4-8-20(19)23(27)29)14-16-9-11-17(12-10-16)26-15-18-6-5-13-25-18/h3-13,15,21,25H,2,14H2,1H3/t21-/m1/s1. The molecule has 2 heterocycles. The maximum atomic E-state index is 12.9. The first-order valence-corrected chi connectivity index (χ1v) is 9.98. The molecule has 0 saturated carbocycles. The molecule has 4 rings (SSSR count). The number of aromatic amines is 1. The van der Waals surface area contributed by atoms with Crippen LogP contribution in [-0.4, -0.2) is 46.5 Å². The van der Waals surface area contributed by atoms with Crippen LogP contribution in [0, 0.1) is 0 Å². The van der Waals surface area contributed by atoms with Crippen LogP contribution in [0.4, 0.5) is 5.69 Å². The van der Waals surface area contributed by atoms with Crippen LogP contribution in [-0.2, 0) is 16.0 Å². The van der Waals surface area contributed by atoms with E-state index >= 15 is 0 Å². The number of nitrogens with zero attached hydrogens (tertiary/aromatic N) is 2. The van der Waals surface area contributed by atoms with E-state index in [1.165, 1.54) is 0 Å². The Labute approximate surface area is 179 Å². The van der Waals surface area contributed by atoms with E-state index in [0.717, 1.165) is 21.8 Å². The van der Waals surface area contributed by atoms with E-state index in [9.17, 15) is 14.4 Å². The summed E-state index contributed by atoms with van der Waals surface area (Å²) in [6.45, 7) is 1.85. The lowest BCUT2D eigenvalue weighted by Crippen LogP contribution is -2.47. The highest BCUT2D eigenvalue weighted by atomic mass is 16.5. The molecule has 0 fully saturated rings. The summed E-state index contributed by atoms with van der Waals surface area (Å²) in [7, 11) is 0. The number of aliphatic imine (C=N–C) groups is 1. The number of hydrogen-bond acceptors (Lipinski definition) is 5. The fraction of sp³-hybridized carbons (Fsp3) is 0.167. The van der Waals surface area contributed by atoms with Crippen LogP contribution in [0.3, 0.4) is 0 Å². The third-order valence-corrected chi connectivity index (χ3v) is 5.04. The van der Waals surface area contributed by atoms with Gasteiger partial charge in [-0.3, -0.25) is 19.5 Å². The minimum absolute atomic E-state index is 0.158. The second kappa shape index (κ2) is 8.79. The third-order valence-electron chi connectivity index (χ3n) is 5.04. The lowest BCUT2D eigenvalue weighted by molar-refractivity contribution is -0.147. The lowest BCUT2D eigenvalue weighted by atomic mass is 10.0. The second-order valence-electron chi connectivity index (χ2n) is 7.05. The molecule has 3 aromatic rings. The van der Waals surface area contributed by atoms with E-state index in [1.54, 1.807) is 37.4 Å². The predicted octanol–water partition coefficient (Wildman–Crippen LogP) is 3.54. The van der Waals surface area contributed by atoms with E-state index in [0.29, 0.717) is 11.1 Å². The first kappa shape index (κ1) is 20.3. The largest absolute Gasteiger partial charge is 0.464 e. The molecule has 0 bridgehead atoms. The zero-order chi connectivity index (χ0) is 21.8. The highest BCUT2D eigenvalue weighted by molar-refractivity contribution is 6.22. The van der Waals surface area contributed by atoms with E-state index in [2.05, 4.69) is 9.98 Å². The summed E-state index contributed by atoms with van der Waals surface area (Å²) in [5.74, 6) is -1.57. The van der Waals surface area contributed by atoms with Crippen molar-refractivity contribution in [1.29, 1.82) is 0 Å². The van der Waals surface area contributed by atoms with E-state index in [1.807, 2.05) is 42.6 Å². The summed E-state index contributed by atoms with van der Waals surface area (Å²) in [5, 5.41) is 0. The highest BCUT2D eigenvalue weighted by Gasteiger charge is 2.43. The maximum absolute atomic E-state index is 12.9. The van der Waals surface area contributed by atoms with Crippen molar-refractivity contribution in [3.8, 4) is 0 Å². The summed E-state index contributed by atoms with van der Waals surface area (Å²) in [6, 6.07) is 16.6. The maximum Gasteiger partial charge on any atom is 0.329 e. The van der Waals surface area contributed by atoms with Gasteiger partial charge in [0.05, 0.1) is 35.3 Å². The van der Waals surface area contributed by atoms with Crippen molar-refractivity contribution in [2.75, 3.05) is 6.61 Å². The number of fused-ring (bicyclic) bond motifs is 1. The topological polar surface area (TPSA) is 91.8 Å². The molecule has 1 atom stereocenters. The molecular formula is C24H21N3O4. The molecular weight excluding hydrogens is 394 g/mol. The smallest absolute Gasteiger partial charge is 0.329 e. The normalized spacial score (nSPS) is 14.2. The number of amides is 2. The number of ether oxygens (including phenoxy) is 1. The number of esters is 1. The summed E-state index contributed by atoms with van der Waals surface area (Å²) in [4.78, 5) is 46.9. The summed E-state index contributed by atoms with van der Waals surface area (Å²) in [5.41, 5.74) is 3.02. The lowest BCUT2D eigenvalue weighted by Gasteiger charge is -2.24. The quantitative estimate of drug-likeness (QED) is 0.363. The van der Waals surface area contributed by atoms with Crippen molar-refractivity contribution in [2.45, 2.75) is 19.4 Å². The number of imide groups is 1. The van der Waals surface area contributed by atoms with Crippen molar-refractivity contribution in [2.24, 2.45) is 4.99 Å². The van der Waals surface area contributed by atoms with Gasteiger partial charge in [-0.25, -0.2) is 4.79 Å². The SMILES string of the molecule is CCOC(=O)[C@@H](Cc1ccc(N=Cc2ccc[nH]2)cc1)N1C(=O)c2ccccc2C1=O. The van der Waals surface area contributed by atoms with Crippen molar-refractivity contribution in [3.05, 3.63) is 89.2 Å². The monoisotopic (exact) mass is 415 g/mol. The Morgan fingerprint density at radius 2 is 1.71 bits per heavy atom. The van der Waals surface area contributed by atoms with Gasteiger partial charge in [0, 0.05) is 12.6 Å². The van der Waals surface area contributed by atoms with Gasteiger partial charge < -0.3 is 9.72 Å². The molecule has 156 valence electrons. The van der Waals surface area contributed by atoms with Crippen LogP contribution in [0.5, 0.6) is 0 Å². The van der Waals surface area contributed by atoms with Crippen LogP contribution in [0.15, 0.2) is 71.9 Å². The van der Waals surface area contributed by atoms with Crippen LogP contribution < -0.4 is 0 Å². The molecule has 31 heavy (non-hydrogen) atoms. The molecule has 1 aliphatic heterocycles. The van der Waals surface area contributed by atoms with Crippen molar-refractivity contribution in [1.82, 2.24) is 9.88 Å². The van der Waals surface area contributed by atoms with Crippen molar-refractivity contribution >= 4 is 29.7 Å². The summed E-state index contributed by atoms with van der Waals surface area (Å²) < 4.78 is 5.18. The number of nitrogens with one attached hydrogen (secondary N) is 1. The summed E-state index contributed by atoms with van der Waals surface area (Å²) >= 11 is 0. The fourth-order valence-corrected chi connectivity index (χ4v) is 3.52. The van der Waals surface area contributed by atoms with Gasteiger partial charge in [0.15, 0.2) is 0 Å². The number of carbonyl (C=O) groups is 3. The Kier molecular flexibility index (Phi) is 5.75. The Hall–Kier alpha value is -4.00. The molecule has 0 saturated heterocycles. The van der Waals surface area contributed by atoms with Crippen LogP contribution in [0.1, 0.15) is 38.9 Å². The average Bonchev–Trinajstić information content (AvgIpc) is 3.39. The molecule has 2 amide bonds. The van der Waals surface area contributed by atoms with Crippen molar-refractivity contribution < 1.29 is 19.1 Å². The molecule has 7 heteroatoms. The van der Waals surface area contributed by atoms with Gasteiger partial charge in [0.2, 0.25) is 0 Å². The van der Waals surface area contributed by atoms with Crippen LogP contribution in [0.25, 0.3) is 0 Å². The van der Waals surface area contributed by atoms with Gasteiger partial charge in [0.1, 0.15) is 6.04 Å². The van der Waals surface area contributed by atoms with E-state index in [-0.39, 0.29) is 13.0 Å². The minimum Gasteiger partial charge on any atom is -0.464 e. The first-order valence-electron chi connectivity index (χ1n) is 9.98. The summed E-state index contributed by atoms with van der Waals surface area (Å²) in [6.07, 6.45) is 3.69. The first-order chi connectivity index (χ1) is 15.1. The molecule has 1 aromatic heterocycles. The van der Waals surface area contributed by atoms with Crippen molar-refractivity contribution in [3.63, 3.8) is 0 Å². The Morgan fingerprint density at radius 3 is 2.29 bits per heavy atom. The van der Waals surface area contributed by atoms with Gasteiger partial charge >= 0.3 is 5.97 Å². The van der Waals surface area contributed by atoms with E-state index < -0.39 is 23.8 Å². The third kappa shape index (κ3) is 4.16. The fourth-order valence-electron chi connectivity index (χ4n) is 3.52. The predicted molar refractivity (Wildman–Crippen MR) is 116 cm³/mol. The molecule has 7 nitrogen and oxygen atoms in total. The molecule has 0 unspecified atom stereocenters. The molecule has 1 N–H and O–H groups in total. The second-order valence-corrected chi connectivity index (χ2v) is 7.05. The molecule has 0 spiro atoms. The van der Waals surface area contributed by atoms with Gasteiger partial charge in [0.25, 0.3) is 11.8 Å². The van der Waals surface area contributed by atoms with Gasteiger partial charge in [-0.2, -0.15) is 0 Å². The van der Waals surface area contributed by atoms with E-state index in [4.69, 9.17) is 4.74 Å². The number of aromatic nitrogens is 1. The molecule has 1 aliphatic rings. The van der Waals surface area contributed by atoms with Gasteiger partial charge in [-0.05, 0) is 48.9 Å². The Bertz CT molecular complexity index is 1100. The average molecular weight is 415 g/mol. The highest BCUT2D eigenvalue weighted by Crippen LogP contribution is 2.27. The van der Waals surface area contributed by atoms with Gasteiger partial charge in [-0.15, -0.1) is 0 Å². The molecule has 0 aliphatic carbocycles. The Morgan fingerprint density at radius 1 is 1.03 bits per heavy atom. The Balaban J connectivity index is 1.56. The zero-order valence-electron chi connectivity index (χ0n) is 16.9. The molecule has 2 aromatic carbocycles. The zero-order valence-corrected chi connectivity index (χ0v) is 16.9. The van der Waals surface area contributed by atoms with Gasteiger partial charge in [-0.1, -0.05) is 24.3 Å². The number of carbonyl (C=O) groups excluding carboxylic acids is 3. The number of rotatable bonds is 7. The number of H-pyrrole nitrogens is 1. The molecule has 0 radical (unpaired) electrons.